The van der Waals surface area contributed by atoms with Crippen LogP contribution in [0.3, 0.4) is 0 Å². The Balaban J connectivity index is 2.01. The molecular formula is C14H10ClF2IN2. The molecule has 0 radical (unpaired) electrons. The molecule has 1 aliphatic rings. The van der Waals surface area contributed by atoms with Crippen molar-refractivity contribution in [2.45, 2.75) is 25.2 Å². The van der Waals surface area contributed by atoms with Gasteiger partial charge in [-0.2, -0.15) is 0 Å². The Bertz CT molecular complexity index is 642. The molecule has 1 fully saturated rings. The number of hydrogen-bond acceptors (Lipinski definition) is 2. The van der Waals surface area contributed by atoms with Gasteiger partial charge in [0.1, 0.15) is 5.15 Å². The van der Waals surface area contributed by atoms with Crippen LogP contribution in [0, 0.1) is 3.57 Å². The summed E-state index contributed by atoms with van der Waals surface area (Å²) in [5, 5.41) is 0.426. The minimum absolute atomic E-state index is 0.00669. The summed E-state index contributed by atoms with van der Waals surface area (Å²) in [6.07, 6.45) is -0.229. The molecule has 0 aliphatic heterocycles. The molecule has 6 heteroatoms. The maximum Gasteiger partial charge on any atom is 0.263 e. The summed E-state index contributed by atoms with van der Waals surface area (Å²) in [7, 11) is 0. The standard InChI is InChI=1S/C14H10ClF2IN2/c15-12-10(18)11(7-1-2-7)19-14(20-12)9-5-3-8(4-6-9)13(16)17/h3-7,13H,1-2H2. The van der Waals surface area contributed by atoms with E-state index in [0.29, 0.717) is 22.5 Å². The van der Waals surface area contributed by atoms with Crippen LogP contribution in [0.25, 0.3) is 11.4 Å². The summed E-state index contributed by atoms with van der Waals surface area (Å²) in [5.41, 5.74) is 1.67. The SMILES string of the molecule is FC(F)c1ccc(-c2nc(Cl)c(I)c(C3CC3)n2)cc1. The number of rotatable bonds is 3. The second-order valence-corrected chi connectivity index (χ2v) is 6.17. The van der Waals surface area contributed by atoms with Crippen molar-refractivity contribution in [3.05, 3.63) is 44.2 Å². The highest BCUT2D eigenvalue weighted by atomic mass is 127. The van der Waals surface area contributed by atoms with Gasteiger partial charge in [-0.1, -0.05) is 35.9 Å². The van der Waals surface area contributed by atoms with Gasteiger partial charge in [-0.3, -0.25) is 0 Å². The lowest BCUT2D eigenvalue weighted by Gasteiger charge is -2.08. The number of aromatic nitrogens is 2. The maximum atomic E-state index is 12.5. The molecule has 1 aromatic carbocycles. The van der Waals surface area contributed by atoms with Gasteiger partial charge in [0.25, 0.3) is 6.43 Å². The van der Waals surface area contributed by atoms with Crippen molar-refractivity contribution < 1.29 is 8.78 Å². The average molecular weight is 407 g/mol. The first-order valence-corrected chi connectivity index (χ1v) is 7.63. The fourth-order valence-corrected chi connectivity index (χ4v) is 2.83. The molecule has 0 bridgehead atoms. The first kappa shape index (κ1) is 14.1. The van der Waals surface area contributed by atoms with Crippen molar-refractivity contribution in [3.63, 3.8) is 0 Å². The van der Waals surface area contributed by atoms with E-state index in [1.54, 1.807) is 12.1 Å². The van der Waals surface area contributed by atoms with E-state index < -0.39 is 6.43 Å². The van der Waals surface area contributed by atoms with Crippen molar-refractivity contribution in [2.24, 2.45) is 0 Å². The Hall–Kier alpha value is -0.820. The summed E-state index contributed by atoms with van der Waals surface area (Å²) in [5.74, 6) is 0.958. The topological polar surface area (TPSA) is 25.8 Å². The highest BCUT2D eigenvalue weighted by Crippen LogP contribution is 2.42. The van der Waals surface area contributed by atoms with Crippen LogP contribution in [0.4, 0.5) is 8.78 Å². The first-order valence-electron chi connectivity index (χ1n) is 6.17. The third-order valence-electron chi connectivity index (χ3n) is 3.22. The highest BCUT2D eigenvalue weighted by molar-refractivity contribution is 14.1. The lowest BCUT2D eigenvalue weighted by Crippen LogP contribution is -1.99. The molecular weight excluding hydrogens is 397 g/mol. The molecule has 3 rings (SSSR count). The Labute approximate surface area is 133 Å². The van der Waals surface area contributed by atoms with Crippen molar-refractivity contribution in [1.82, 2.24) is 9.97 Å². The van der Waals surface area contributed by atoms with Gasteiger partial charge in [0.2, 0.25) is 0 Å². The lowest BCUT2D eigenvalue weighted by molar-refractivity contribution is 0.151. The number of alkyl halides is 2. The van der Waals surface area contributed by atoms with E-state index in [-0.39, 0.29) is 5.56 Å². The molecule has 0 N–H and O–H groups in total. The van der Waals surface area contributed by atoms with E-state index in [1.807, 2.05) is 0 Å². The Morgan fingerprint density at radius 2 is 1.80 bits per heavy atom. The van der Waals surface area contributed by atoms with Crippen LogP contribution in [0.2, 0.25) is 5.15 Å². The molecule has 1 aromatic heterocycles. The summed E-state index contributed by atoms with van der Waals surface area (Å²) < 4.78 is 26.0. The normalized spacial score (nSPS) is 14.8. The molecule has 20 heavy (non-hydrogen) atoms. The van der Waals surface area contributed by atoms with Crippen LogP contribution in [0.15, 0.2) is 24.3 Å². The van der Waals surface area contributed by atoms with Gasteiger partial charge in [0, 0.05) is 17.0 Å². The molecule has 2 nitrogen and oxygen atoms in total. The minimum atomic E-state index is -2.47. The quantitative estimate of drug-likeness (QED) is 0.516. The lowest BCUT2D eigenvalue weighted by atomic mass is 10.1. The minimum Gasteiger partial charge on any atom is -0.232 e. The predicted molar refractivity (Wildman–Crippen MR) is 82.1 cm³/mol. The van der Waals surface area contributed by atoms with Gasteiger partial charge in [0.05, 0.1) is 9.26 Å². The zero-order valence-electron chi connectivity index (χ0n) is 10.3. The van der Waals surface area contributed by atoms with Gasteiger partial charge in [-0.25, -0.2) is 18.7 Å². The number of halogens is 4. The van der Waals surface area contributed by atoms with E-state index in [4.69, 9.17) is 11.6 Å². The Morgan fingerprint density at radius 3 is 2.35 bits per heavy atom. The number of hydrogen-bond donors (Lipinski definition) is 0. The molecule has 0 spiro atoms. The molecule has 1 saturated carbocycles. The second-order valence-electron chi connectivity index (χ2n) is 4.73. The van der Waals surface area contributed by atoms with E-state index in [0.717, 1.165) is 22.1 Å². The third-order valence-corrected chi connectivity index (χ3v) is 4.88. The van der Waals surface area contributed by atoms with Crippen molar-refractivity contribution in [2.75, 3.05) is 0 Å². The second kappa shape index (κ2) is 5.52. The van der Waals surface area contributed by atoms with E-state index in [9.17, 15) is 8.78 Å². The molecule has 0 amide bonds. The molecule has 2 aromatic rings. The fraction of sp³-hybridized carbons (Fsp3) is 0.286. The summed E-state index contributed by atoms with van der Waals surface area (Å²) in [4.78, 5) is 8.80. The van der Waals surface area contributed by atoms with Gasteiger partial charge in [0.15, 0.2) is 5.82 Å². The molecule has 0 atom stereocenters. The summed E-state index contributed by atoms with van der Waals surface area (Å²) >= 11 is 8.30. The number of nitrogens with zero attached hydrogens (tertiary/aromatic N) is 2. The van der Waals surface area contributed by atoms with Crippen LogP contribution in [-0.4, -0.2) is 9.97 Å². The van der Waals surface area contributed by atoms with Crippen LogP contribution >= 0.6 is 34.2 Å². The van der Waals surface area contributed by atoms with E-state index in [2.05, 4.69) is 32.6 Å². The van der Waals surface area contributed by atoms with Crippen molar-refractivity contribution in [1.29, 1.82) is 0 Å². The fourth-order valence-electron chi connectivity index (χ4n) is 1.97. The van der Waals surface area contributed by atoms with Crippen molar-refractivity contribution in [3.8, 4) is 11.4 Å². The first-order chi connectivity index (χ1) is 9.56. The van der Waals surface area contributed by atoms with Crippen LogP contribution in [0.1, 0.15) is 36.4 Å². The zero-order valence-corrected chi connectivity index (χ0v) is 13.2. The zero-order chi connectivity index (χ0) is 14.3. The molecule has 1 heterocycles. The van der Waals surface area contributed by atoms with Gasteiger partial charge >= 0.3 is 0 Å². The van der Waals surface area contributed by atoms with Gasteiger partial charge < -0.3 is 0 Å². The Kier molecular flexibility index (Phi) is 3.90. The summed E-state index contributed by atoms with van der Waals surface area (Å²) in [6, 6.07) is 6.01. The van der Waals surface area contributed by atoms with Gasteiger partial charge in [-0.05, 0) is 35.4 Å². The monoisotopic (exact) mass is 406 g/mol. The molecule has 0 saturated heterocycles. The summed E-state index contributed by atoms with van der Waals surface area (Å²) in [6.45, 7) is 0. The average Bonchev–Trinajstić information content (AvgIpc) is 3.26. The Morgan fingerprint density at radius 1 is 1.15 bits per heavy atom. The number of benzene rings is 1. The van der Waals surface area contributed by atoms with Gasteiger partial charge in [-0.15, -0.1) is 0 Å². The van der Waals surface area contributed by atoms with Crippen LogP contribution in [-0.2, 0) is 0 Å². The third kappa shape index (κ3) is 2.79. The molecule has 104 valence electrons. The van der Waals surface area contributed by atoms with Crippen LogP contribution in [0.5, 0.6) is 0 Å². The van der Waals surface area contributed by atoms with E-state index >= 15 is 0 Å². The predicted octanol–water partition coefficient (Wildman–Crippen LogP) is 5.22. The highest BCUT2D eigenvalue weighted by Gasteiger charge is 2.29. The van der Waals surface area contributed by atoms with E-state index in [1.165, 1.54) is 12.1 Å². The van der Waals surface area contributed by atoms with Crippen molar-refractivity contribution >= 4 is 34.2 Å². The molecule has 1 aliphatic carbocycles. The smallest absolute Gasteiger partial charge is 0.232 e. The maximum absolute atomic E-state index is 12.5. The van der Waals surface area contributed by atoms with Crippen LogP contribution < -0.4 is 0 Å². The molecule has 0 unspecified atom stereocenters. The largest absolute Gasteiger partial charge is 0.263 e.